The van der Waals surface area contributed by atoms with Crippen LogP contribution in [0, 0.1) is 11.3 Å². The number of hydrogen-bond acceptors (Lipinski definition) is 7. The molecule has 10 heteroatoms. The monoisotopic (exact) mass is 413 g/mol. The third-order valence-electron chi connectivity index (χ3n) is 4.57. The summed E-state index contributed by atoms with van der Waals surface area (Å²) in [5.41, 5.74) is 0.297. The van der Waals surface area contributed by atoms with Gasteiger partial charge in [0.05, 0.1) is 13.7 Å². The van der Waals surface area contributed by atoms with Crippen molar-refractivity contribution in [3.63, 3.8) is 0 Å². The van der Waals surface area contributed by atoms with Crippen LogP contribution in [-0.2, 0) is 17.8 Å². The molecule has 0 aliphatic heterocycles. The molecular formula is C20H23N5O5. The summed E-state index contributed by atoms with van der Waals surface area (Å²) in [6.07, 6.45) is 0.708. The summed E-state index contributed by atoms with van der Waals surface area (Å²) in [6, 6.07) is 7.07. The number of benzene rings is 1. The molecule has 10 nitrogen and oxygen atoms in total. The summed E-state index contributed by atoms with van der Waals surface area (Å²) in [7, 11) is 3.07. The average Bonchev–Trinajstić information content (AvgIpc) is 3.13. The molecule has 3 aromatic rings. The van der Waals surface area contributed by atoms with Crippen molar-refractivity contribution in [2.24, 2.45) is 0 Å². The highest BCUT2D eigenvalue weighted by Gasteiger charge is 2.20. The molecule has 1 N–H and O–H groups in total. The van der Waals surface area contributed by atoms with Crippen LogP contribution in [-0.4, -0.2) is 46.5 Å². The van der Waals surface area contributed by atoms with Gasteiger partial charge in [-0.25, -0.2) is 9.78 Å². The van der Waals surface area contributed by atoms with Crippen molar-refractivity contribution in [1.82, 2.24) is 19.1 Å². The van der Waals surface area contributed by atoms with E-state index in [0.29, 0.717) is 60.2 Å². The molecule has 0 saturated carbocycles. The smallest absolute Gasteiger partial charge is 0.330 e. The lowest BCUT2D eigenvalue weighted by Gasteiger charge is -2.12. The van der Waals surface area contributed by atoms with Crippen molar-refractivity contribution in [1.29, 1.82) is 5.26 Å². The lowest BCUT2D eigenvalue weighted by atomic mass is 10.2. The number of hydrogen-bond donors (Lipinski definition) is 1. The summed E-state index contributed by atoms with van der Waals surface area (Å²) in [4.78, 5) is 32.0. The molecule has 0 aliphatic carbocycles. The van der Waals surface area contributed by atoms with Gasteiger partial charge in [-0.05, 0) is 24.6 Å². The fraction of sp³-hybridized carbons (Fsp3) is 0.400. The van der Waals surface area contributed by atoms with Crippen LogP contribution in [0.1, 0.15) is 13.3 Å². The van der Waals surface area contributed by atoms with Gasteiger partial charge in [-0.3, -0.25) is 14.3 Å². The highest BCUT2D eigenvalue weighted by atomic mass is 16.5. The second-order valence-electron chi connectivity index (χ2n) is 6.48. The number of nitrogens with zero attached hydrogens (tertiary/aromatic N) is 4. The van der Waals surface area contributed by atoms with E-state index >= 15 is 0 Å². The van der Waals surface area contributed by atoms with Gasteiger partial charge in [0, 0.05) is 25.8 Å². The molecule has 30 heavy (non-hydrogen) atoms. The molecule has 0 saturated heterocycles. The number of nitriles is 1. The number of aromatic nitrogens is 4. The number of rotatable bonds is 9. The molecule has 3 rings (SSSR count). The SMILES string of the molecule is CCCn1c(=O)[nH]c(=O)c2c1nc(-c1ccc(OCC#N)c(OC)c1)n2CCOC. The van der Waals surface area contributed by atoms with Gasteiger partial charge in [-0.2, -0.15) is 5.26 Å². The van der Waals surface area contributed by atoms with E-state index in [-0.39, 0.29) is 6.61 Å². The standard InChI is InChI=1S/C20H23N5O5/c1-4-8-25-18-16(19(26)23-20(25)27)24(9-11-28-2)17(22-18)13-5-6-14(30-10-7-21)15(12-13)29-3/h5-6,12H,4,8-11H2,1-3H3,(H,23,26,27). The first kappa shape index (κ1) is 21.1. The van der Waals surface area contributed by atoms with Crippen molar-refractivity contribution in [3.05, 3.63) is 39.0 Å². The van der Waals surface area contributed by atoms with Gasteiger partial charge in [-0.1, -0.05) is 6.92 Å². The van der Waals surface area contributed by atoms with Crippen molar-refractivity contribution in [2.75, 3.05) is 27.4 Å². The first-order chi connectivity index (χ1) is 14.5. The third kappa shape index (κ3) is 3.92. The second kappa shape index (κ2) is 9.28. The molecule has 0 bridgehead atoms. The molecule has 0 atom stereocenters. The van der Waals surface area contributed by atoms with Crippen LogP contribution in [0.25, 0.3) is 22.6 Å². The average molecular weight is 413 g/mol. The normalized spacial score (nSPS) is 10.9. The summed E-state index contributed by atoms with van der Waals surface area (Å²) in [6.45, 7) is 2.98. The quantitative estimate of drug-likeness (QED) is 0.564. The molecule has 0 unspecified atom stereocenters. The predicted molar refractivity (Wildman–Crippen MR) is 110 cm³/mol. The fourth-order valence-electron chi connectivity index (χ4n) is 3.26. The summed E-state index contributed by atoms with van der Waals surface area (Å²) in [5, 5.41) is 8.74. The minimum absolute atomic E-state index is 0.110. The molecule has 0 spiro atoms. The largest absolute Gasteiger partial charge is 0.493 e. The third-order valence-corrected chi connectivity index (χ3v) is 4.57. The van der Waals surface area contributed by atoms with Gasteiger partial charge >= 0.3 is 5.69 Å². The van der Waals surface area contributed by atoms with Gasteiger partial charge in [-0.15, -0.1) is 0 Å². The first-order valence-electron chi connectivity index (χ1n) is 9.46. The molecule has 0 aliphatic rings. The zero-order chi connectivity index (χ0) is 21.7. The van der Waals surface area contributed by atoms with Crippen LogP contribution >= 0.6 is 0 Å². The van der Waals surface area contributed by atoms with Crippen LogP contribution in [0.5, 0.6) is 11.5 Å². The highest BCUT2D eigenvalue weighted by molar-refractivity contribution is 5.77. The number of nitrogens with one attached hydrogen (secondary N) is 1. The number of aromatic amines is 1. The van der Waals surface area contributed by atoms with Gasteiger partial charge in [0.2, 0.25) is 0 Å². The van der Waals surface area contributed by atoms with Crippen molar-refractivity contribution < 1.29 is 14.2 Å². The Hall–Kier alpha value is -3.58. The Morgan fingerprint density at radius 2 is 1.97 bits per heavy atom. The van der Waals surface area contributed by atoms with E-state index < -0.39 is 11.2 Å². The Kier molecular flexibility index (Phi) is 6.54. The maximum atomic E-state index is 12.6. The Morgan fingerprint density at radius 3 is 2.63 bits per heavy atom. The van der Waals surface area contributed by atoms with E-state index in [0.717, 1.165) is 0 Å². The van der Waals surface area contributed by atoms with E-state index in [1.807, 2.05) is 13.0 Å². The van der Waals surface area contributed by atoms with Crippen LogP contribution in [0.3, 0.4) is 0 Å². The Balaban J connectivity index is 2.26. The Bertz CT molecular complexity index is 1200. The van der Waals surface area contributed by atoms with Crippen LogP contribution in [0.4, 0.5) is 0 Å². The molecular weight excluding hydrogens is 390 g/mol. The van der Waals surface area contributed by atoms with E-state index in [1.54, 1.807) is 29.9 Å². The van der Waals surface area contributed by atoms with E-state index in [4.69, 9.17) is 19.5 Å². The summed E-state index contributed by atoms with van der Waals surface area (Å²) >= 11 is 0. The van der Waals surface area contributed by atoms with Gasteiger partial charge in [0.25, 0.3) is 5.56 Å². The molecule has 0 fully saturated rings. The lowest BCUT2D eigenvalue weighted by molar-refractivity contribution is 0.188. The second-order valence-corrected chi connectivity index (χ2v) is 6.48. The molecule has 2 aromatic heterocycles. The number of H-pyrrole nitrogens is 1. The van der Waals surface area contributed by atoms with Gasteiger partial charge < -0.3 is 18.8 Å². The summed E-state index contributed by atoms with van der Waals surface area (Å²) < 4.78 is 19.2. The van der Waals surface area contributed by atoms with E-state index in [2.05, 4.69) is 9.97 Å². The van der Waals surface area contributed by atoms with E-state index in [9.17, 15) is 9.59 Å². The minimum Gasteiger partial charge on any atom is -0.493 e. The molecule has 158 valence electrons. The molecule has 2 heterocycles. The number of methoxy groups -OCH3 is 2. The molecule has 1 aromatic carbocycles. The molecule has 0 radical (unpaired) electrons. The zero-order valence-corrected chi connectivity index (χ0v) is 17.1. The number of ether oxygens (including phenoxy) is 3. The topological polar surface area (TPSA) is 124 Å². The number of imidazole rings is 1. The minimum atomic E-state index is -0.502. The molecule has 0 amide bonds. The lowest BCUT2D eigenvalue weighted by Crippen LogP contribution is -2.31. The van der Waals surface area contributed by atoms with Crippen molar-refractivity contribution in [2.45, 2.75) is 26.4 Å². The zero-order valence-electron chi connectivity index (χ0n) is 17.1. The Labute approximate surface area is 172 Å². The van der Waals surface area contributed by atoms with E-state index in [1.165, 1.54) is 11.7 Å². The van der Waals surface area contributed by atoms with Crippen molar-refractivity contribution >= 4 is 11.2 Å². The predicted octanol–water partition coefficient (Wildman–Crippen LogP) is 1.52. The fourth-order valence-corrected chi connectivity index (χ4v) is 3.26. The number of aryl methyl sites for hydroxylation is 1. The van der Waals surface area contributed by atoms with Gasteiger partial charge in [0.15, 0.2) is 29.3 Å². The van der Waals surface area contributed by atoms with Crippen LogP contribution in [0.15, 0.2) is 27.8 Å². The first-order valence-corrected chi connectivity index (χ1v) is 9.46. The summed E-state index contributed by atoms with van der Waals surface area (Å²) in [5.74, 6) is 1.34. The van der Waals surface area contributed by atoms with Gasteiger partial charge in [0.1, 0.15) is 11.9 Å². The number of fused-ring (bicyclic) bond motifs is 1. The van der Waals surface area contributed by atoms with Crippen LogP contribution < -0.4 is 20.7 Å². The van der Waals surface area contributed by atoms with Crippen LogP contribution in [0.2, 0.25) is 0 Å². The maximum absolute atomic E-state index is 12.6. The Morgan fingerprint density at radius 1 is 1.17 bits per heavy atom. The maximum Gasteiger partial charge on any atom is 0.330 e. The highest BCUT2D eigenvalue weighted by Crippen LogP contribution is 2.33. The van der Waals surface area contributed by atoms with Crippen molar-refractivity contribution in [3.8, 4) is 29.0 Å².